The molecule has 1 aromatic heterocycles. The molecule has 0 atom stereocenters. The molecule has 0 aliphatic carbocycles. The molecule has 1 N–H and O–H groups in total. The van der Waals surface area contributed by atoms with Crippen molar-refractivity contribution in [3.63, 3.8) is 0 Å². The summed E-state index contributed by atoms with van der Waals surface area (Å²) in [6.45, 7) is 5.39. The Morgan fingerprint density at radius 1 is 1.09 bits per heavy atom. The third kappa shape index (κ3) is 5.84. The number of hydrazone groups is 1. The Hall–Kier alpha value is -3.34. The molecule has 0 unspecified atom stereocenters. The Labute approximate surface area is 205 Å². The van der Waals surface area contributed by atoms with E-state index in [0.29, 0.717) is 32.7 Å². The molecule has 1 aliphatic heterocycles. The van der Waals surface area contributed by atoms with Gasteiger partial charge in [0.25, 0.3) is 0 Å². The monoisotopic (exact) mass is 495 g/mol. The Bertz CT molecular complexity index is 1300. The first-order valence-corrected chi connectivity index (χ1v) is 12.9. The zero-order valence-electron chi connectivity index (χ0n) is 19.8. The molecule has 1 aliphatic rings. The first-order valence-electron chi connectivity index (χ1n) is 11.5. The van der Waals surface area contributed by atoms with Crippen molar-refractivity contribution in [3.8, 4) is 5.69 Å². The zero-order chi connectivity index (χ0) is 24.8. The second-order valence-electron chi connectivity index (χ2n) is 8.29. The highest BCUT2D eigenvalue weighted by Crippen LogP contribution is 2.19. The second kappa shape index (κ2) is 10.9. The third-order valence-electron chi connectivity index (χ3n) is 5.90. The standard InChI is InChI=1S/C25H29N5O4S/c1-19-24(20(2)30(28-19)22-6-4-3-5-7-22)18-26-27-25(31)13-10-21-8-11-23(12-9-21)35(32,33)29-14-16-34-17-15-29/h3-9,11-12,18H,10,13-17H2,1-2H3,(H,27,31)/b26-18-. The quantitative estimate of drug-likeness (QED) is 0.382. The van der Waals surface area contributed by atoms with Crippen molar-refractivity contribution >= 4 is 22.1 Å². The second-order valence-corrected chi connectivity index (χ2v) is 10.2. The van der Waals surface area contributed by atoms with Gasteiger partial charge in [-0.05, 0) is 50.1 Å². The smallest absolute Gasteiger partial charge is 0.243 e. The molecule has 9 nitrogen and oxygen atoms in total. The minimum Gasteiger partial charge on any atom is -0.379 e. The number of hydrogen-bond acceptors (Lipinski definition) is 6. The van der Waals surface area contributed by atoms with Crippen LogP contribution in [0.3, 0.4) is 0 Å². The van der Waals surface area contributed by atoms with E-state index >= 15 is 0 Å². The van der Waals surface area contributed by atoms with E-state index in [0.717, 1.165) is 28.2 Å². The van der Waals surface area contributed by atoms with Crippen LogP contribution in [0.25, 0.3) is 5.69 Å². The van der Waals surface area contributed by atoms with Crippen LogP contribution in [0.4, 0.5) is 0 Å². The summed E-state index contributed by atoms with van der Waals surface area (Å²) >= 11 is 0. The van der Waals surface area contributed by atoms with Crippen LogP contribution in [-0.4, -0.2) is 60.9 Å². The van der Waals surface area contributed by atoms with Gasteiger partial charge < -0.3 is 4.74 Å². The van der Waals surface area contributed by atoms with Gasteiger partial charge >= 0.3 is 0 Å². The maximum atomic E-state index is 12.7. The number of rotatable bonds is 8. The van der Waals surface area contributed by atoms with Gasteiger partial charge in [0.2, 0.25) is 15.9 Å². The Balaban J connectivity index is 1.31. The lowest BCUT2D eigenvalue weighted by atomic mass is 10.1. The van der Waals surface area contributed by atoms with E-state index in [2.05, 4.69) is 15.6 Å². The molecular weight excluding hydrogens is 466 g/mol. The molecule has 4 rings (SSSR count). The topological polar surface area (TPSA) is 106 Å². The van der Waals surface area contributed by atoms with Crippen molar-refractivity contribution in [1.29, 1.82) is 0 Å². The normalized spacial score (nSPS) is 14.9. The first kappa shape index (κ1) is 24.8. The molecule has 0 radical (unpaired) electrons. The molecule has 2 aromatic carbocycles. The summed E-state index contributed by atoms with van der Waals surface area (Å²) in [6, 6.07) is 16.5. The Morgan fingerprint density at radius 3 is 2.46 bits per heavy atom. The number of nitrogens with one attached hydrogen (secondary N) is 1. The fourth-order valence-electron chi connectivity index (χ4n) is 3.91. The van der Waals surface area contributed by atoms with Crippen LogP contribution in [0, 0.1) is 13.8 Å². The van der Waals surface area contributed by atoms with E-state index in [1.54, 1.807) is 30.5 Å². The number of benzene rings is 2. The molecule has 3 aromatic rings. The average Bonchev–Trinajstić information content (AvgIpc) is 3.17. The summed E-state index contributed by atoms with van der Waals surface area (Å²) in [7, 11) is -3.52. The third-order valence-corrected chi connectivity index (χ3v) is 7.82. The zero-order valence-corrected chi connectivity index (χ0v) is 20.7. The summed E-state index contributed by atoms with van der Waals surface area (Å²) in [5.74, 6) is -0.225. The van der Waals surface area contributed by atoms with E-state index < -0.39 is 10.0 Å². The van der Waals surface area contributed by atoms with Gasteiger partial charge in [-0.15, -0.1) is 0 Å². The number of sulfonamides is 1. The predicted molar refractivity (Wildman–Crippen MR) is 133 cm³/mol. The number of nitrogens with zero attached hydrogens (tertiary/aromatic N) is 4. The average molecular weight is 496 g/mol. The Morgan fingerprint density at radius 2 is 1.77 bits per heavy atom. The van der Waals surface area contributed by atoms with Crippen LogP contribution in [0.5, 0.6) is 0 Å². The van der Waals surface area contributed by atoms with Crippen molar-refractivity contribution in [2.75, 3.05) is 26.3 Å². The van der Waals surface area contributed by atoms with Crippen molar-refractivity contribution in [2.24, 2.45) is 5.10 Å². The number of aryl methyl sites for hydroxylation is 2. The number of morpholine rings is 1. The molecule has 0 saturated carbocycles. The largest absolute Gasteiger partial charge is 0.379 e. The highest BCUT2D eigenvalue weighted by molar-refractivity contribution is 7.89. The van der Waals surface area contributed by atoms with Crippen molar-refractivity contribution in [3.05, 3.63) is 77.1 Å². The van der Waals surface area contributed by atoms with Gasteiger partial charge in [0.05, 0.1) is 41.4 Å². The van der Waals surface area contributed by atoms with Gasteiger partial charge in [0.15, 0.2) is 0 Å². The maximum absolute atomic E-state index is 12.7. The van der Waals surface area contributed by atoms with Gasteiger partial charge in [0, 0.05) is 25.1 Å². The minimum absolute atomic E-state index is 0.225. The molecule has 1 saturated heterocycles. The van der Waals surface area contributed by atoms with Crippen molar-refractivity contribution in [2.45, 2.75) is 31.6 Å². The highest BCUT2D eigenvalue weighted by atomic mass is 32.2. The fourth-order valence-corrected chi connectivity index (χ4v) is 5.32. The number of para-hydroxylation sites is 1. The molecule has 184 valence electrons. The summed E-state index contributed by atoms with van der Waals surface area (Å²) in [6.07, 6.45) is 2.32. The lowest BCUT2D eigenvalue weighted by Gasteiger charge is -2.26. The van der Waals surface area contributed by atoms with Crippen LogP contribution in [-0.2, 0) is 26.0 Å². The summed E-state index contributed by atoms with van der Waals surface area (Å²) in [5.41, 5.74) is 7.00. The number of aromatic nitrogens is 2. The van der Waals surface area contributed by atoms with Crippen LogP contribution >= 0.6 is 0 Å². The van der Waals surface area contributed by atoms with Crippen molar-refractivity contribution in [1.82, 2.24) is 19.5 Å². The van der Waals surface area contributed by atoms with E-state index in [4.69, 9.17) is 4.74 Å². The molecule has 0 spiro atoms. The summed E-state index contributed by atoms with van der Waals surface area (Å²) in [4.78, 5) is 12.5. The van der Waals surface area contributed by atoms with E-state index in [9.17, 15) is 13.2 Å². The van der Waals surface area contributed by atoms with Crippen LogP contribution in [0.15, 0.2) is 64.6 Å². The molecular formula is C25H29N5O4S. The van der Waals surface area contributed by atoms with Gasteiger partial charge in [-0.1, -0.05) is 30.3 Å². The molecule has 2 heterocycles. The summed E-state index contributed by atoms with van der Waals surface area (Å²) < 4.78 is 33.9. The van der Waals surface area contributed by atoms with E-state index in [1.807, 2.05) is 48.9 Å². The summed E-state index contributed by atoms with van der Waals surface area (Å²) in [5, 5.41) is 8.68. The van der Waals surface area contributed by atoms with E-state index in [-0.39, 0.29) is 17.2 Å². The van der Waals surface area contributed by atoms with Crippen molar-refractivity contribution < 1.29 is 17.9 Å². The molecule has 1 amide bonds. The van der Waals surface area contributed by atoms with Crippen LogP contribution < -0.4 is 5.43 Å². The lowest BCUT2D eigenvalue weighted by Crippen LogP contribution is -2.40. The van der Waals surface area contributed by atoms with Crippen LogP contribution in [0.2, 0.25) is 0 Å². The highest BCUT2D eigenvalue weighted by Gasteiger charge is 2.26. The number of hydrogen-bond donors (Lipinski definition) is 1. The van der Waals surface area contributed by atoms with Gasteiger partial charge in [-0.25, -0.2) is 18.5 Å². The lowest BCUT2D eigenvalue weighted by molar-refractivity contribution is -0.121. The van der Waals surface area contributed by atoms with Gasteiger partial charge in [-0.3, -0.25) is 4.79 Å². The van der Waals surface area contributed by atoms with Gasteiger partial charge in [-0.2, -0.15) is 14.5 Å². The number of carbonyl (C=O) groups is 1. The molecule has 10 heteroatoms. The molecule has 35 heavy (non-hydrogen) atoms. The predicted octanol–water partition coefficient (Wildman–Crippen LogP) is 2.59. The van der Waals surface area contributed by atoms with Crippen LogP contribution in [0.1, 0.15) is 28.9 Å². The Kier molecular flexibility index (Phi) is 7.74. The fraction of sp³-hybridized carbons (Fsp3) is 0.320. The van der Waals surface area contributed by atoms with E-state index in [1.165, 1.54) is 4.31 Å². The molecule has 1 fully saturated rings. The number of ether oxygens (including phenoxy) is 1. The minimum atomic E-state index is -3.52. The first-order chi connectivity index (χ1) is 16.9. The maximum Gasteiger partial charge on any atom is 0.243 e. The molecule has 0 bridgehead atoms. The van der Waals surface area contributed by atoms with Gasteiger partial charge in [0.1, 0.15) is 0 Å². The number of amides is 1. The number of carbonyl (C=O) groups excluding carboxylic acids is 1. The SMILES string of the molecule is Cc1nn(-c2ccccc2)c(C)c1/C=N\NC(=O)CCc1ccc(S(=O)(=O)N2CCOCC2)cc1.